The van der Waals surface area contributed by atoms with Crippen molar-refractivity contribution < 1.29 is 13.7 Å². The number of nitro benzene ring substituents is 1. The van der Waals surface area contributed by atoms with E-state index in [1.54, 1.807) is 0 Å². The van der Waals surface area contributed by atoms with Crippen LogP contribution in [0.4, 0.5) is 20.2 Å². The number of hydrogen-bond acceptors (Lipinski definition) is 3. The first-order valence-electron chi connectivity index (χ1n) is 6.54. The standard InChI is InChI=1S/C14H15F2N3O2/c1-2-5-18-6-3-4-10(18)9-17-13-8-14(19(20)21)12(16)7-11(13)15/h3-4,6-8,17H,2,5,9H2,1H3. The maximum absolute atomic E-state index is 13.6. The van der Waals surface area contributed by atoms with Gasteiger partial charge in [0.2, 0.25) is 5.82 Å². The smallest absolute Gasteiger partial charge is 0.307 e. The summed E-state index contributed by atoms with van der Waals surface area (Å²) in [6.07, 6.45) is 2.86. The van der Waals surface area contributed by atoms with Gasteiger partial charge in [-0.1, -0.05) is 6.92 Å². The largest absolute Gasteiger partial charge is 0.377 e. The van der Waals surface area contributed by atoms with Gasteiger partial charge >= 0.3 is 5.69 Å². The summed E-state index contributed by atoms with van der Waals surface area (Å²) in [4.78, 5) is 9.79. The van der Waals surface area contributed by atoms with Gasteiger partial charge in [-0.25, -0.2) is 4.39 Å². The van der Waals surface area contributed by atoms with Gasteiger partial charge < -0.3 is 9.88 Å². The number of halogens is 2. The molecule has 1 aromatic carbocycles. The van der Waals surface area contributed by atoms with Crippen LogP contribution in [0.5, 0.6) is 0 Å². The molecule has 5 nitrogen and oxygen atoms in total. The first-order chi connectivity index (χ1) is 10.0. The lowest BCUT2D eigenvalue weighted by Gasteiger charge is -2.11. The van der Waals surface area contributed by atoms with Crippen molar-refractivity contribution >= 4 is 11.4 Å². The lowest BCUT2D eigenvalue weighted by atomic mass is 10.2. The van der Waals surface area contributed by atoms with E-state index < -0.39 is 22.2 Å². The average molecular weight is 295 g/mol. The summed E-state index contributed by atoms with van der Waals surface area (Å²) in [7, 11) is 0. The number of anilines is 1. The van der Waals surface area contributed by atoms with Gasteiger partial charge in [-0.2, -0.15) is 4.39 Å². The fourth-order valence-electron chi connectivity index (χ4n) is 2.07. The lowest BCUT2D eigenvalue weighted by molar-refractivity contribution is -0.387. The SMILES string of the molecule is CCCn1cccc1CNc1cc([N+](=O)[O-])c(F)cc1F. The normalized spacial score (nSPS) is 10.6. The molecule has 1 heterocycles. The number of nitrogens with one attached hydrogen (secondary N) is 1. The maximum atomic E-state index is 13.6. The van der Waals surface area contributed by atoms with Crippen LogP contribution in [0, 0.1) is 21.7 Å². The van der Waals surface area contributed by atoms with E-state index in [2.05, 4.69) is 5.32 Å². The minimum Gasteiger partial charge on any atom is -0.377 e. The van der Waals surface area contributed by atoms with Crippen molar-refractivity contribution in [2.45, 2.75) is 26.4 Å². The van der Waals surface area contributed by atoms with Crippen LogP contribution < -0.4 is 5.32 Å². The molecule has 0 amide bonds. The van der Waals surface area contributed by atoms with Gasteiger partial charge in [-0.15, -0.1) is 0 Å². The Morgan fingerprint density at radius 2 is 2.10 bits per heavy atom. The predicted octanol–water partition coefficient (Wildman–Crippen LogP) is 3.70. The number of aryl methyl sites for hydroxylation is 1. The zero-order chi connectivity index (χ0) is 15.4. The highest BCUT2D eigenvalue weighted by Gasteiger charge is 2.18. The molecule has 112 valence electrons. The van der Waals surface area contributed by atoms with Crippen molar-refractivity contribution in [1.82, 2.24) is 4.57 Å². The predicted molar refractivity (Wildman–Crippen MR) is 75.1 cm³/mol. The Balaban J connectivity index is 2.18. The third kappa shape index (κ3) is 3.36. The number of nitrogens with zero attached hydrogens (tertiary/aromatic N) is 2. The van der Waals surface area contributed by atoms with Gasteiger partial charge in [0, 0.05) is 30.6 Å². The first kappa shape index (κ1) is 15.0. The monoisotopic (exact) mass is 295 g/mol. The van der Waals surface area contributed by atoms with Crippen molar-refractivity contribution in [3.8, 4) is 0 Å². The van der Waals surface area contributed by atoms with Crippen LogP contribution in [0.3, 0.4) is 0 Å². The second-order valence-electron chi connectivity index (χ2n) is 4.59. The molecule has 1 aromatic heterocycles. The summed E-state index contributed by atoms with van der Waals surface area (Å²) >= 11 is 0. The third-order valence-corrected chi connectivity index (χ3v) is 3.08. The van der Waals surface area contributed by atoms with Crippen molar-refractivity contribution in [2.75, 3.05) is 5.32 Å². The van der Waals surface area contributed by atoms with E-state index in [1.165, 1.54) is 0 Å². The molecule has 0 radical (unpaired) electrons. The third-order valence-electron chi connectivity index (χ3n) is 3.08. The summed E-state index contributed by atoms with van der Waals surface area (Å²) in [5.74, 6) is -2.04. The van der Waals surface area contributed by atoms with E-state index >= 15 is 0 Å². The Labute approximate surface area is 120 Å². The molecule has 0 saturated carbocycles. The Bertz CT molecular complexity index is 656. The Hall–Kier alpha value is -2.44. The zero-order valence-electron chi connectivity index (χ0n) is 11.5. The lowest BCUT2D eigenvalue weighted by Crippen LogP contribution is -2.08. The summed E-state index contributed by atoms with van der Waals surface area (Å²) in [5.41, 5.74) is 0.0819. The molecule has 7 heteroatoms. The molecule has 21 heavy (non-hydrogen) atoms. The van der Waals surface area contributed by atoms with Crippen LogP contribution in [0.2, 0.25) is 0 Å². The molecule has 0 unspecified atom stereocenters. The maximum Gasteiger partial charge on any atom is 0.307 e. The van der Waals surface area contributed by atoms with Gasteiger partial charge in [0.1, 0.15) is 5.82 Å². The van der Waals surface area contributed by atoms with E-state index in [4.69, 9.17) is 0 Å². The molecule has 2 aromatic rings. The first-order valence-corrected chi connectivity index (χ1v) is 6.54. The van der Waals surface area contributed by atoms with Crippen LogP contribution in [0.25, 0.3) is 0 Å². The molecular weight excluding hydrogens is 280 g/mol. The van der Waals surface area contributed by atoms with Crippen LogP contribution >= 0.6 is 0 Å². The second-order valence-corrected chi connectivity index (χ2v) is 4.59. The molecule has 0 aliphatic heterocycles. The zero-order valence-corrected chi connectivity index (χ0v) is 11.5. The number of benzene rings is 1. The van der Waals surface area contributed by atoms with Gasteiger partial charge in [0.05, 0.1) is 17.2 Å². The molecule has 0 bridgehead atoms. The number of nitro groups is 1. The average Bonchev–Trinajstić information content (AvgIpc) is 2.85. The highest BCUT2D eigenvalue weighted by molar-refractivity contribution is 5.53. The molecule has 0 saturated heterocycles. The van der Waals surface area contributed by atoms with Crippen LogP contribution in [-0.2, 0) is 13.1 Å². The molecule has 0 fully saturated rings. The van der Waals surface area contributed by atoms with E-state index in [1.807, 2.05) is 29.8 Å². The molecule has 0 spiro atoms. The number of rotatable bonds is 6. The Morgan fingerprint density at radius 1 is 1.33 bits per heavy atom. The summed E-state index contributed by atoms with van der Waals surface area (Å²) in [6, 6.07) is 5.14. The molecule has 0 aliphatic rings. The fraction of sp³-hybridized carbons (Fsp3) is 0.286. The fourth-order valence-corrected chi connectivity index (χ4v) is 2.07. The van der Waals surface area contributed by atoms with Gasteiger partial charge in [0.25, 0.3) is 0 Å². The minimum atomic E-state index is -1.18. The molecule has 2 rings (SSSR count). The molecular formula is C14H15F2N3O2. The van der Waals surface area contributed by atoms with Crippen LogP contribution in [0.15, 0.2) is 30.5 Å². The van der Waals surface area contributed by atoms with Gasteiger partial charge in [0.15, 0.2) is 0 Å². The molecule has 0 atom stereocenters. The minimum absolute atomic E-state index is 0.0904. The second kappa shape index (κ2) is 6.34. The molecule has 1 N–H and O–H groups in total. The number of aromatic nitrogens is 1. The van der Waals surface area contributed by atoms with E-state index in [0.717, 1.165) is 24.7 Å². The Kier molecular flexibility index (Phi) is 4.52. The van der Waals surface area contributed by atoms with E-state index in [-0.39, 0.29) is 5.69 Å². The summed E-state index contributed by atoms with van der Waals surface area (Å²) < 4.78 is 28.9. The van der Waals surface area contributed by atoms with Crippen molar-refractivity contribution in [1.29, 1.82) is 0 Å². The highest BCUT2D eigenvalue weighted by Crippen LogP contribution is 2.25. The topological polar surface area (TPSA) is 60.1 Å². The molecule has 0 aliphatic carbocycles. The van der Waals surface area contributed by atoms with Gasteiger partial charge in [-0.05, 0) is 18.6 Å². The number of hydrogen-bond donors (Lipinski definition) is 1. The highest BCUT2D eigenvalue weighted by atomic mass is 19.1. The van der Waals surface area contributed by atoms with E-state index in [0.29, 0.717) is 12.6 Å². The van der Waals surface area contributed by atoms with Crippen molar-refractivity contribution in [2.24, 2.45) is 0 Å². The van der Waals surface area contributed by atoms with Crippen LogP contribution in [0.1, 0.15) is 19.0 Å². The van der Waals surface area contributed by atoms with Gasteiger partial charge in [-0.3, -0.25) is 10.1 Å². The summed E-state index contributed by atoms with van der Waals surface area (Å²) in [5, 5.41) is 13.4. The quantitative estimate of drug-likeness (QED) is 0.653. The van der Waals surface area contributed by atoms with E-state index in [9.17, 15) is 18.9 Å². The summed E-state index contributed by atoms with van der Waals surface area (Å²) in [6.45, 7) is 3.17. The van der Waals surface area contributed by atoms with Crippen molar-refractivity contribution in [3.05, 3.63) is 57.9 Å². The van der Waals surface area contributed by atoms with Crippen molar-refractivity contribution in [3.63, 3.8) is 0 Å². The van der Waals surface area contributed by atoms with Crippen LogP contribution in [-0.4, -0.2) is 9.49 Å². The Morgan fingerprint density at radius 3 is 2.76 bits per heavy atom.